The van der Waals surface area contributed by atoms with E-state index in [2.05, 4.69) is 10.1 Å². The molecule has 12 heteroatoms. The second kappa shape index (κ2) is 12.1. The van der Waals surface area contributed by atoms with Gasteiger partial charge in [-0.05, 0) is 18.2 Å². The fourth-order valence-electron chi connectivity index (χ4n) is 4.72. The van der Waals surface area contributed by atoms with Crippen LogP contribution in [0.1, 0.15) is 34.7 Å². The molecule has 2 aliphatic heterocycles. The number of halogens is 2. The van der Waals surface area contributed by atoms with Crippen molar-refractivity contribution in [2.24, 2.45) is 0 Å². The van der Waals surface area contributed by atoms with Gasteiger partial charge in [0.05, 0.1) is 38.2 Å². The summed E-state index contributed by atoms with van der Waals surface area (Å²) in [6.07, 6.45) is 2.17. The lowest BCUT2D eigenvalue weighted by atomic mass is 9.90. The summed E-state index contributed by atoms with van der Waals surface area (Å²) < 4.78 is 47.1. The maximum atomic E-state index is 14.8. The third kappa shape index (κ3) is 6.30. The topological polar surface area (TPSA) is 98.9 Å². The Morgan fingerprint density at radius 1 is 1.15 bits per heavy atom. The molecule has 3 heterocycles. The number of rotatable bonds is 8. The highest BCUT2D eigenvalue weighted by Crippen LogP contribution is 2.39. The summed E-state index contributed by atoms with van der Waals surface area (Å²) >= 11 is 1.39. The summed E-state index contributed by atoms with van der Waals surface area (Å²) in [5.41, 5.74) is -0.350. The molecule has 1 amide bonds. The Balaban J connectivity index is 1.21. The highest BCUT2D eigenvalue weighted by atomic mass is 32.2. The van der Waals surface area contributed by atoms with Gasteiger partial charge < -0.3 is 24.2 Å². The molecule has 1 N–H and O–H groups in total. The van der Waals surface area contributed by atoms with Gasteiger partial charge in [-0.3, -0.25) is 4.79 Å². The van der Waals surface area contributed by atoms with Crippen LogP contribution in [0, 0.1) is 11.6 Å². The third-order valence-corrected chi connectivity index (χ3v) is 8.39. The zero-order valence-electron chi connectivity index (χ0n) is 21.4. The number of ether oxygens (including phenoxy) is 3. The molecule has 2 aliphatic rings. The van der Waals surface area contributed by atoms with E-state index in [1.807, 2.05) is 12.1 Å². The van der Waals surface area contributed by atoms with Crippen molar-refractivity contribution in [3.05, 3.63) is 83.4 Å². The number of carbonyl (C=O) groups is 1. The summed E-state index contributed by atoms with van der Waals surface area (Å²) in [6, 6.07) is 10.3. The van der Waals surface area contributed by atoms with Crippen LogP contribution in [0.4, 0.5) is 8.78 Å². The fraction of sp³-hybridized carbons (Fsp3) is 0.444. The zero-order valence-corrected chi connectivity index (χ0v) is 22.2. The van der Waals surface area contributed by atoms with E-state index < -0.39 is 28.8 Å². The number of amides is 1. The predicted molar refractivity (Wildman–Crippen MR) is 139 cm³/mol. The summed E-state index contributed by atoms with van der Waals surface area (Å²) in [6.45, 7) is 4.61. The monoisotopic (exact) mass is 560 g/mol. The van der Waals surface area contributed by atoms with E-state index in [0.717, 1.165) is 17.7 Å². The van der Waals surface area contributed by atoms with Crippen LogP contribution in [0.3, 0.4) is 0 Å². The number of aromatic nitrogens is 3. The maximum Gasteiger partial charge on any atom is 0.254 e. The fourth-order valence-corrected chi connectivity index (χ4v) is 6.04. The minimum absolute atomic E-state index is 0.0263. The molecule has 2 saturated heterocycles. The lowest BCUT2D eigenvalue weighted by Gasteiger charge is -2.37. The van der Waals surface area contributed by atoms with Gasteiger partial charge in [-0.25, -0.2) is 18.4 Å². The molecule has 0 spiro atoms. The number of aliphatic hydroxyl groups is 1. The zero-order chi connectivity index (χ0) is 27.4. The van der Waals surface area contributed by atoms with Gasteiger partial charge in [0, 0.05) is 41.1 Å². The van der Waals surface area contributed by atoms with Gasteiger partial charge in [-0.1, -0.05) is 25.1 Å². The van der Waals surface area contributed by atoms with Gasteiger partial charge in [0.25, 0.3) is 5.91 Å². The predicted octanol–water partition coefficient (Wildman–Crippen LogP) is 3.15. The average molecular weight is 561 g/mol. The minimum atomic E-state index is -1.71. The molecule has 1 aromatic heterocycles. The Kier molecular flexibility index (Phi) is 8.57. The number of benzene rings is 2. The van der Waals surface area contributed by atoms with Crippen LogP contribution in [-0.2, 0) is 26.4 Å². The van der Waals surface area contributed by atoms with E-state index >= 15 is 0 Å². The van der Waals surface area contributed by atoms with Crippen LogP contribution in [0.5, 0.6) is 0 Å². The van der Waals surface area contributed by atoms with Crippen LogP contribution < -0.4 is 0 Å². The van der Waals surface area contributed by atoms with Crippen molar-refractivity contribution >= 4 is 17.7 Å². The molecule has 0 aliphatic carbocycles. The third-order valence-electron chi connectivity index (χ3n) is 6.93. The largest absolute Gasteiger partial charge is 0.382 e. The van der Waals surface area contributed by atoms with Crippen molar-refractivity contribution in [3.63, 3.8) is 0 Å². The Morgan fingerprint density at radius 2 is 1.87 bits per heavy atom. The summed E-state index contributed by atoms with van der Waals surface area (Å²) in [5.74, 6) is -1.59. The molecule has 0 unspecified atom stereocenters. The Hall–Kier alpha value is -2.90. The first-order valence-electron chi connectivity index (χ1n) is 12.7. The highest BCUT2D eigenvalue weighted by Gasteiger charge is 2.41. The van der Waals surface area contributed by atoms with Gasteiger partial charge in [-0.2, -0.15) is 5.10 Å². The lowest BCUT2D eigenvalue weighted by Crippen LogP contribution is -2.43. The Bertz CT molecular complexity index is 1250. The van der Waals surface area contributed by atoms with Crippen molar-refractivity contribution in [2.75, 3.05) is 39.5 Å². The van der Waals surface area contributed by atoms with E-state index in [9.17, 15) is 18.7 Å². The lowest BCUT2D eigenvalue weighted by molar-refractivity contribution is -0.180. The van der Waals surface area contributed by atoms with E-state index in [4.69, 9.17) is 14.2 Å². The first kappa shape index (κ1) is 27.7. The molecule has 5 rings (SSSR count). The molecule has 3 aromatic rings. The van der Waals surface area contributed by atoms with Crippen LogP contribution in [-0.4, -0.2) is 80.7 Å². The van der Waals surface area contributed by atoms with Crippen molar-refractivity contribution in [1.29, 1.82) is 0 Å². The second-order valence-electron chi connectivity index (χ2n) is 9.57. The first-order chi connectivity index (χ1) is 18.8. The summed E-state index contributed by atoms with van der Waals surface area (Å²) in [5, 5.41) is 15.1. The molecular formula is C27H30F2N4O5S. The minimum Gasteiger partial charge on any atom is -0.382 e. The SMILES string of the molecule is C[C@@H](SC1COC(c2ccc(C(=O)N3CCOCC3)cc2)OC1)[C@](O)(Cn1cncn1)c1ccc(F)cc1F. The number of thioether (sulfide) groups is 1. The van der Waals surface area contributed by atoms with Crippen molar-refractivity contribution < 1.29 is 32.9 Å². The number of carbonyl (C=O) groups excluding carboxylic acids is 1. The molecular weight excluding hydrogens is 530 g/mol. The number of hydrogen-bond acceptors (Lipinski definition) is 8. The van der Waals surface area contributed by atoms with Crippen molar-refractivity contribution in [1.82, 2.24) is 19.7 Å². The van der Waals surface area contributed by atoms with Crippen LogP contribution in [0.15, 0.2) is 55.1 Å². The van der Waals surface area contributed by atoms with E-state index in [0.29, 0.717) is 45.1 Å². The van der Waals surface area contributed by atoms with Crippen LogP contribution in [0.2, 0.25) is 0 Å². The number of nitrogens with zero attached hydrogens (tertiary/aromatic N) is 4. The standard InChI is InChI=1S/C27H30F2N4O5S/c1-18(27(35,15-33-17-30-16-31-33)23-7-6-21(28)12-24(23)29)39-22-13-37-26(38-14-22)20-4-2-19(3-5-20)25(34)32-8-10-36-11-9-32/h2-7,12,16-18,22,26,35H,8-11,13-15H2,1H3/t18-,22?,26?,27-/m1/s1. The van der Waals surface area contributed by atoms with Gasteiger partial charge in [0.2, 0.25) is 0 Å². The number of morpholine rings is 1. The van der Waals surface area contributed by atoms with Gasteiger partial charge >= 0.3 is 0 Å². The van der Waals surface area contributed by atoms with Gasteiger partial charge in [0.15, 0.2) is 6.29 Å². The molecule has 0 radical (unpaired) electrons. The Labute approximate surface area is 229 Å². The molecule has 39 heavy (non-hydrogen) atoms. The van der Waals surface area contributed by atoms with Crippen LogP contribution in [0.25, 0.3) is 0 Å². The Morgan fingerprint density at radius 3 is 2.51 bits per heavy atom. The van der Waals surface area contributed by atoms with Crippen molar-refractivity contribution in [3.8, 4) is 0 Å². The van der Waals surface area contributed by atoms with E-state index in [1.165, 1.54) is 35.2 Å². The van der Waals surface area contributed by atoms with Crippen molar-refractivity contribution in [2.45, 2.75) is 35.9 Å². The average Bonchev–Trinajstić information content (AvgIpc) is 3.46. The van der Waals surface area contributed by atoms with Crippen LogP contribution >= 0.6 is 11.8 Å². The molecule has 2 fully saturated rings. The first-order valence-corrected chi connectivity index (χ1v) is 13.6. The molecule has 9 nitrogen and oxygen atoms in total. The smallest absolute Gasteiger partial charge is 0.254 e. The molecule has 2 aromatic carbocycles. The molecule has 0 bridgehead atoms. The quantitative estimate of drug-likeness (QED) is 0.449. The molecule has 208 valence electrons. The maximum absolute atomic E-state index is 14.8. The van der Waals surface area contributed by atoms with E-state index in [1.54, 1.807) is 24.0 Å². The highest BCUT2D eigenvalue weighted by molar-refractivity contribution is 8.00. The van der Waals surface area contributed by atoms with Gasteiger partial charge in [0.1, 0.15) is 29.9 Å². The number of hydrogen-bond donors (Lipinski definition) is 1. The summed E-state index contributed by atoms with van der Waals surface area (Å²) in [4.78, 5) is 18.4. The van der Waals surface area contributed by atoms with Gasteiger partial charge in [-0.15, -0.1) is 11.8 Å². The molecule has 0 saturated carbocycles. The molecule has 2 atom stereocenters. The second-order valence-corrected chi connectivity index (χ2v) is 11.2. The van der Waals surface area contributed by atoms with E-state index in [-0.39, 0.29) is 23.3 Å². The normalized spacial score (nSPS) is 22.3. The summed E-state index contributed by atoms with van der Waals surface area (Å²) in [7, 11) is 0.